The minimum atomic E-state index is -0.572. The van der Waals surface area contributed by atoms with Gasteiger partial charge in [0.2, 0.25) is 5.91 Å². The second-order valence-corrected chi connectivity index (χ2v) is 9.54. The molecule has 1 atom stereocenters. The molecule has 0 radical (unpaired) electrons. The van der Waals surface area contributed by atoms with Crippen LogP contribution in [0.4, 0.5) is 5.69 Å². The summed E-state index contributed by atoms with van der Waals surface area (Å²) in [5.41, 5.74) is 3.59. The fourth-order valence-corrected chi connectivity index (χ4v) is 5.03. The molecule has 0 spiro atoms. The standard InChI is InChI=1S/C29H26N4O3S/c1-20-9-6-12-22(17-20)27-31-32-29(33(27)19-25-15-8-16-36-25)37-26(21-10-4-3-5-11-21)28(34)30-23-13-7-14-24(18-23)35-2/h3-18,26H,19H2,1-2H3,(H,30,34)/t26-/m1/s1. The minimum absolute atomic E-state index is 0.172. The summed E-state index contributed by atoms with van der Waals surface area (Å²) in [4.78, 5) is 13.6. The SMILES string of the molecule is COc1cccc(NC(=O)[C@H](Sc2nnc(-c3cccc(C)c3)n2Cc2ccco2)c2ccccc2)c1. The Morgan fingerprint density at radius 2 is 1.84 bits per heavy atom. The monoisotopic (exact) mass is 510 g/mol. The van der Waals surface area contributed by atoms with Gasteiger partial charge in [-0.15, -0.1) is 10.2 Å². The van der Waals surface area contributed by atoms with Crippen LogP contribution in [0.5, 0.6) is 5.75 Å². The molecule has 2 heterocycles. The average Bonchev–Trinajstić information content (AvgIpc) is 3.58. The second-order valence-electron chi connectivity index (χ2n) is 8.47. The lowest BCUT2D eigenvalue weighted by molar-refractivity contribution is -0.115. The number of hydrogen-bond acceptors (Lipinski definition) is 6. The summed E-state index contributed by atoms with van der Waals surface area (Å²) in [6, 6.07) is 28.9. The molecule has 0 fully saturated rings. The number of hydrogen-bond donors (Lipinski definition) is 1. The van der Waals surface area contributed by atoms with Gasteiger partial charge in [0.25, 0.3) is 0 Å². The van der Waals surface area contributed by atoms with Gasteiger partial charge in [0, 0.05) is 17.3 Å². The molecule has 0 saturated carbocycles. The number of anilines is 1. The van der Waals surface area contributed by atoms with Crippen molar-refractivity contribution in [3.63, 3.8) is 0 Å². The number of aryl methyl sites for hydroxylation is 1. The van der Waals surface area contributed by atoms with E-state index in [0.29, 0.717) is 29.0 Å². The first-order valence-corrected chi connectivity index (χ1v) is 12.7. The van der Waals surface area contributed by atoms with E-state index in [0.717, 1.165) is 22.5 Å². The maximum Gasteiger partial charge on any atom is 0.242 e. The highest BCUT2D eigenvalue weighted by molar-refractivity contribution is 8.00. The lowest BCUT2D eigenvalue weighted by atomic mass is 10.1. The number of nitrogens with one attached hydrogen (secondary N) is 1. The topological polar surface area (TPSA) is 82.2 Å². The average molecular weight is 511 g/mol. The van der Waals surface area contributed by atoms with Crippen molar-refractivity contribution < 1.29 is 13.9 Å². The molecule has 8 heteroatoms. The second kappa shape index (κ2) is 11.2. The molecular weight excluding hydrogens is 484 g/mol. The van der Waals surface area contributed by atoms with E-state index < -0.39 is 5.25 Å². The molecule has 186 valence electrons. The van der Waals surface area contributed by atoms with Gasteiger partial charge in [-0.25, -0.2) is 0 Å². The first-order valence-electron chi connectivity index (χ1n) is 11.8. The molecule has 37 heavy (non-hydrogen) atoms. The summed E-state index contributed by atoms with van der Waals surface area (Å²) in [6.07, 6.45) is 1.65. The smallest absolute Gasteiger partial charge is 0.242 e. The Bertz CT molecular complexity index is 1480. The number of aromatic nitrogens is 3. The molecule has 2 aromatic heterocycles. The van der Waals surface area contributed by atoms with Gasteiger partial charge in [-0.3, -0.25) is 9.36 Å². The van der Waals surface area contributed by atoms with Crippen molar-refractivity contribution in [1.29, 1.82) is 0 Å². The molecular formula is C29H26N4O3S. The Labute approximate surface area is 219 Å². The first-order chi connectivity index (χ1) is 18.1. The van der Waals surface area contributed by atoms with Gasteiger partial charge >= 0.3 is 0 Å². The van der Waals surface area contributed by atoms with Crippen LogP contribution >= 0.6 is 11.8 Å². The van der Waals surface area contributed by atoms with Gasteiger partial charge in [-0.1, -0.05) is 71.9 Å². The molecule has 7 nitrogen and oxygen atoms in total. The normalized spacial score (nSPS) is 11.7. The number of methoxy groups -OCH3 is 1. The largest absolute Gasteiger partial charge is 0.497 e. The maximum atomic E-state index is 13.6. The highest BCUT2D eigenvalue weighted by Gasteiger charge is 2.26. The lowest BCUT2D eigenvalue weighted by Crippen LogP contribution is -2.19. The molecule has 0 unspecified atom stereocenters. The molecule has 1 amide bonds. The summed E-state index contributed by atoms with van der Waals surface area (Å²) >= 11 is 1.35. The molecule has 3 aromatic carbocycles. The van der Waals surface area contributed by atoms with E-state index >= 15 is 0 Å². The van der Waals surface area contributed by atoms with E-state index in [2.05, 4.69) is 21.6 Å². The van der Waals surface area contributed by atoms with Crippen LogP contribution in [0.25, 0.3) is 11.4 Å². The van der Waals surface area contributed by atoms with Crippen LogP contribution in [-0.4, -0.2) is 27.8 Å². The molecule has 5 rings (SSSR count). The van der Waals surface area contributed by atoms with Crippen LogP contribution in [-0.2, 0) is 11.3 Å². The van der Waals surface area contributed by atoms with Crippen molar-refractivity contribution in [2.45, 2.75) is 23.9 Å². The van der Waals surface area contributed by atoms with Crippen LogP contribution in [0.15, 0.2) is 107 Å². The third-order valence-corrected chi connectivity index (χ3v) is 7.02. The molecule has 0 bridgehead atoms. The molecule has 5 aromatic rings. The summed E-state index contributed by atoms with van der Waals surface area (Å²) in [5.74, 6) is 1.98. The van der Waals surface area contributed by atoms with Crippen molar-refractivity contribution in [3.05, 3.63) is 114 Å². The van der Waals surface area contributed by atoms with E-state index in [1.165, 1.54) is 11.8 Å². The van der Waals surface area contributed by atoms with Crippen LogP contribution in [0.1, 0.15) is 22.1 Å². The van der Waals surface area contributed by atoms with Crippen molar-refractivity contribution >= 4 is 23.4 Å². The zero-order valence-electron chi connectivity index (χ0n) is 20.5. The van der Waals surface area contributed by atoms with Crippen LogP contribution in [0.3, 0.4) is 0 Å². The Morgan fingerprint density at radius 1 is 1.00 bits per heavy atom. The number of nitrogens with zero attached hydrogens (tertiary/aromatic N) is 3. The van der Waals surface area contributed by atoms with Crippen molar-refractivity contribution in [3.8, 4) is 17.1 Å². The third kappa shape index (κ3) is 5.76. The van der Waals surface area contributed by atoms with Crippen LogP contribution in [0, 0.1) is 6.92 Å². The fraction of sp³-hybridized carbons (Fsp3) is 0.138. The quantitative estimate of drug-likeness (QED) is 0.232. The Balaban J connectivity index is 1.51. The minimum Gasteiger partial charge on any atom is -0.497 e. The zero-order valence-corrected chi connectivity index (χ0v) is 21.3. The van der Waals surface area contributed by atoms with Crippen LogP contribution in [0.2, 0.25) is 0 Å². The summed E-state index contributed by atoms with van der Waals surface area (Å²) in [7, 11) is 1.60. The molecule has 1 N–H and O–H groups in total. The van der Waals surface area contributed by atoms with E-state index in [1.807, 2.05) is 90.4 Å². The Kier molecular flexibility index (Phi) is 7.37. The highest BCUT2D eigenvalue weighted by atomic mass is 32.2. The molecule has 0 aliphatic rings. The summed E-state index contributed by atoms with van der Waals surface area (Å²) < 4.78 is 12.9. The van der Waals surface area contributed by atoms with Crippen molar-refractivity contribution in [2.24, 2.45) is 0 Å². The van der Waals surface area contributed by atoms with E-state index in [-0.39, 0.29) is 5.91 Å². The van der Waals surface area contributed by atoms with Gasteiger partial charge in [-0.05, 0) is 42.8 Å². The number of rotatable bonds is 9. The highest BCUT2D eigenvalue weighted by Crippen LogP contribution is 2.37. The van der Waals surface area contributed by atoms with Gasteiger partial charge in [0.15, 0.2) is 11.0 Å². The van der Waals surface area contributed by atoms with Gasteiger partial charge in [-0.2, -0.15) is 0 Å². The number of amides is 1. The maximum absolute atomic E-state index is 13.6. The molecule has 0 saturated heterocycles. The van der Waals surface area contributed by atoms with Crippen molar-refractivity contribution in [2.75, 3.05) is 12.4 Å². The van der Waals surface area contributed by atoms with Crippen molar-refractivity contribution in [1.82, 2.24) is 14.8 Å². The van der Waals surface area contributed by atoms with Gasteiger partial charge in [0.1, 0.15) is 16.8 Å². The Hall–Kier alpha value is -4.30. The molecule has 0 aliphatic heterocycles. The van der Waals surface area contributed by atoms with Crippen LogP contribution < -0.4 is 10.1 Å². The lowest BCUT2D eigenvalue weighted by Gasteiger charge is -2.18. The predicted molar refractivity (Wildman–Crippen MR) is 145 cm³/mol. The Morgan fingerprint density at radius 3 is 2.59 bits per heavy atom. The number of furan rings is 1. The summed E-state index contributed by atoms with van der Waals surface area (Å²) in [5, 5.41) is 12.1. The number of benzene rings is 3. The van der Waals surface area contributed by atoms with E-state index in [1.54, 1.807) is 19.4 Å². The van der Waals surface area contributed by atoms with E-state index in [4.69, 9.17) is 9.15 Å². The number of carbonyl (C=O) groups excluding carboxylic acids is 1. The zero-order chi connectivity index (χ0) is 25.6. The van der Waals surface area contributed by atoms with Gasteiger partial charge in [0.05, 0.1) is 19.9 Å². The van der Waals surface area contributed by atoms with E-state index in [9.17, 15) is 4.79 Å². The predicted octanol–water partition coefficient (Wildman–Crippen LogP) is 6.38. The fourth-order valence-electron chi connectivity index (χ4n) is 3.99. The molecule has 0 aliphatic carbocycles. The first kappa shape index (κ1) is 24.4. The number of carbonyl (C=O) groups is 1. The van der Waals surface area contributed by atoms with Gasteiger partial charge < -0.3 is 14.5 Å². The third-order valence-electron chi connectivity index (χ3n) is 5.79. The number of thioether (sulfide) groups is 1. The summed E-state index contributed by atoms with van der Waals surface area (Å²) in [6.45, 7) is 2.48. The number of ether oxygens (including phenoxy) is 1.